The lowest BCUT2D eigenvalue weighted by Gasteiger charge is -1.87. The van der Waals surface area contributed by atoms with Crippen LogP contribution < -0.4 is 0 Å². The molecule has 42 valence electrons. The van der Waals surface area contributed by atoms with Crippen LogP contribution in [-0.4, -0.2) is 0 Å². The van der Waals surface area contributed by atoms with E-state index in [0.29, 0.717) is 0 Å². The fourth-order valence-corrected chi connectivity index (χ4v) is 0.853. The van der Waals surface area contributed by atoms with Gasteiger partial charge in [-0.3, -0.25) is 0 Å². The highest BCUT2D eigenvalue weighted by Gasteiger charge is 1.84. The van der Waals surface area contributed by atoms with E-state index in [4.69, 9.17) is 17.1 Å². The van der Waals surface area contributed by atoms with E-state index in [-0.39, 0.29) is 33.7 Å². The Hall–Kier alpha value is -0.0100. The van der Waals surface area contributed by atoms with Crippen LogP contribution in [0, 0.1) is 0 Å². The largest absolute Gasteiger partial charge is 0.0843 e. The molecule has 0 radical (unpaired) electrons. The molecule has 0 saturated heterocycles. The molecule has 0 aliphatic carbocycles. The summed E-state index contributed by atoms with van der Waals surface area (Å²) in [5, 5.41) is -0.0946. The smallest absolute Gasteiger partial charge is 0.0650 e. The highest BCUT2D eigenvalue weighted by molar-refractivity contribution is 9.10. The van der Waals surface area contributed by atoms with Crippen LogP contribution in [0.2, 0.25) is 5.02 Å². The Kier molecular flexibility index (Phi) is 0.853. The average molecular weight is 195 g/mol. The van der Waals surface area contributed by atoms with Gasteiger partial charge in [0.05, 0.1) is 5.48 Å². The first-order chi connectivity index (χ1) is 5.46. The van der Waals surface area contributed by atoms with Crippen LogP contribution in [0.3, 0.4) is 0 Å². The molecule has 0 fully saturated rings. The van der Waals surface area contributed by atoms with E-state index in [1.54, 1.807) is 0 Å². The summed E-state index contributed by atoms with van der Waals surface area (Å²) >= 11 is 8.50. The van der Waals surface area contributed by atoms with Gasteiger partial charge in [0.15, 0.2) is 0 Å². The van der Waals surface area contributed by atoms with Gasteiger partial charge in [-0.1, -0.05) is 33.6 Å². The number of rotatable bonds is 0. The molecule has 0 nitrogen and oxygen atoms in total. The second kappa shape index (κ2) is 2.51. The molecule has 1 aromatic carbocycles. The van der Waals surface area contributed by atoms with E-state index in [1.165, 1.54) is 0 Å². The zero-order chi connectivity index (χ0) is 9.46. The van der Waals surface area contributed by atoms with Crippen LogP contribution in [0.4, 0.5) is 0 Å². The molecule has 0 saturated carbocycles. The van der Waals surface area contributed by atoms with Crippen molar-refractivity contribution < 1.29 is 5.48 Å². The summed E-state index contributed by atoms with van der Waals surface area (Å²) in [4.78, 5) is 0. The first-order valence-electron chi connectivity index (χ1n) is 3.88. The second-order valence-corrected chi connectivity index (χ2v) is 2.30. The maximum absolute atomic E-state index is 7.32. The van der Waals surface area contributed by atoms with E-state index in [9.17, 15) is 0 Å². The fraction of sp³-hybridized carbons (Fsp3) is 0. The minimum Gasteiger partial charge on any atom is -0.0843 e. The molecule has 0 N–H and O–H groups in total. The van der Waals surface area contributed by atoms with Crippen molar-refractivity contribution in [3.05, 3.63) is 33.7 Å². The Labute approximate surface area is 67.2 Å². The van der Waals surface area contributed by atoms with Gasteiger partial charge in [0.25, 0.3) is 0 Å². The molecule has 0 aromatic heterocycles. The van der Waals surface area contributed by atoms with Gasteiger partial charge in [-0.25, -0.2) is 0 Å². The van der Waals surface area contributed by atoms with Crippen molar-refractivity contribution in [1.29, 1.82) is 0 Å². The maximum atomic E-state index is 7.32. The van der Waals surface area contributed by atoms with E-state index in [0.717, 1.165) is 0 Å². The normalized spacial score (nSPS) is 16.2. The van der Waals surface area contributed by atoms with Crippen molar-refractivity contribution in [3.8, 4) is 0 Å². The van der Waals surface area contributed by atoms with Crippen LogP contribution in [-0.2, 0) is 0 Å². The summed E-state index contributed by atoms with van der Waals surface area (Å²) in [5.74, 6) is 0. The Bertz CT molecular complexity index is 234. The SMILES string of the molecule is [2H]c1c([2H])c(Cl)c([2H])c(Br)c1[2H]. The van der Waals surface area contributed by atoms with E-state index in [2.05, 4.69) is 15.9 Å². The summed E-state index contributed by atoms with van der Waals surface area (Å²) < 4.78 is 29.3. The molecule has 0 amide bonds. The lowest BCUT2D eigenvalue weighted by Crippen LogP contribution is -1.61. The van der Waals surface area contributed by atoms with Crippen LogP contribution in [0.15, 0.2) is 28.6 Å². The number of benzene rings is 1. The second-order valence-electron chi connectivity index (χ2n) is 1.13. The molecule has 8 heavy (non-hydrogen) atoms. The van der Waals surface area contributed by atoms with Gasteiger partial charge in [-0.05, 0) is 18.1 Å². The van der Waals surface area contributed by atoms with Crippen LogP contribution in [0.5, 0.6) is 0 Å². The Morgan fingerprint density at radius 1 is 1.62 bits per heavy atom. The molecule has 0 atom stereocenters. The van der Waals surface area contributed by atoms with Gasteiger partial charge >= 0.3 is 0 Å². The Morgan fingerprint density at radius 3 is 3.12 bits per heavy atom. The molecule has 2 heteroatoms. The lowest BCUT2D eigenvalue weighted by atomic mass is 10.4. The zero-order valence-electron chi connectivity index (χ0n) is 7.76. The molecule has 0 heterocycles. The first-order valence-corrected chi connectivity index (χ1v) is 3.05. The monoisotopic (exact) mass is 194 g/mol. The molecule has 1 aromatic rings. The standard InChI is InChI=1S/C6H4BrCl/c7-5-2-1-3-6(8)4-5/h1-4H/i1D,2D,3D,4D. The van der Waals surface area contributed by atoms with Crippen molar-refractivity contribution in [1.82, 2.24) is 0 Å². The highest BCUT2D eigenvalue weighted by atomic mass is 79.9. The number of hydrogen-bond acceptors (Lipinski definition) is 0. The van der Waals surface area contributed by atoms with Gasteiger partial charge in [0, 0.05) is 9.50 Å². The van der Waals surface area contributed by atoms with Crippen LogP contribution in [0.1, 0.15) is 5.48 Å². The summed E-state index contributed by atoms with van der Waals surface area (Å²) in [6.45, 7) is 0. The first kappa shape index (κ1) is 2.72. The number of hydrogen-bond donors (Lipinski definition) is 0. The Morgan fingerprint density at radius 2 is 2.38 bits per heavy atom. The minimum atomic E-state index is -0.269. The third-order valence-electron chi connectivity index (χ3n) is 0.564. The third kappa shape index (κ3) is 1.49. The summed E-state index contributed by atoms with van der Waals surface area (Å²) in [6, 6.07) is -0.810. The van der Waals surface area contributed by atoms with Gasteiger partial charge in [0.2, 0.25) is 0 Å². The van der Waals surface area contributed by atoms with Crippen molar-refractivity contribution in [2.45, 2.75) is 0 Å². The van der Waals surface area contributed by atoms with Crippen LogP contribution in [0.25, 0.3) is 0 Å². The predicted molar refractivity (Wildman–Crippen MR) is 39.2 cm³/mol. The molecule has 0 unspecified atom stereocenters. The quantitative estimate of drug-likeness (QED) is 0.597. The van der Waals surface area contributed by atoms with Crippen molar-refractivity contribution in [2.75, 3.05) is 0 Å². The summed E-state index contributed by atoms with van der Waals surface area (Å²) in [5.41, 5.74) is 0. The van der Waals surface area contributed by atoms with Gasteiger partial charge < -0.3 is 0 Å². The fourth-order valence-electron chi connectivity index (χ4n) is 0.300. The van der Waals surface area contributed by atoms with E-state index < -0.39 is 0 Å². The van der Waals surface area contributed by atoms with Gasteiger partial charge in [-0.2, -0.15) is 0 Å². The zero-order valence-corrected chi connectivity index (χ0v) is 6.10. The molecule has 0 aliphatic rings. The molecular weight excluding hydrogens is 187 g/mol. The average Bonchev–Trinajstić information content (AvgIpc) is 2.08. The Balaban J connectivity index is 3.60. The molecule has 1 rings (SSSR count). The topological polar surface area (TPSA) is 0 Å². The van der Waals surface area contributed by atoms with Crippen LogP contribution >= 0.6 is 27.5 Å². The number of halogens is 2. The van der Waals surface area contributed by atoms with Crippen molar-refractivity contribution in [2.24, 2.45) is 0 Å². The minimum absolute atomic E-state index is 0.0946. The van der Waals surface area contributed by atoms with E-state index in [1.807, 2.05) is 0 Å². The van der Waals surface area contributed by atoms with Gasteiger partial charge in [-0.15, -0.1) is 0 Å². The molecule has 0 spiro atoms. The summed E-state index contributed by atoms with van der Waals surface area (Å²) in [7, 11) is 0. The summed E-state index contributed by atoms with van der Waals surface area (Å²) in [6.07, 6.45) is 0. The van der Waals surface area contributed by atoms with Gasteiger partial charge in [0.1, 0.15) is 0 Å². The highest BCUT2D eigenvalue weighted by Crippen LogP contribution is 2.14. The van der Waals surface area contributed by atoms with Crippen molar-refractivity contribution in [3.63, 3.8) is 0 Å². The lowest BCUT2D eigenvalue weighted by molar-refractivity contribution is 1.65. The predicted octanol–water partition coefficient (Wildman–Crippen LogP) is 3.10. The molecule has 0 bridgehead atoms. The van der Waals surface area contributed by atoms with E-state index >= 15 is 0 Å². The third-order valence-corrected chi connectivity index (χ3v) is 1.15. The molecule has 0 aliphatic heterocycles. The maximum Gasteiger partial charge on any atom is 0.0650 e. The van der Waals surface area contributed by atoms with Crippen molar-refractivity contribution >= 4 is 27.5 Å². The molecular formula is C6H4BrCl.